The van der Waals surface area contributed by atoms with Crippen LogP contribution in [0.1, 0.15) is 28.8 Å². The van der Waals surface area contributed by atoms with Crippen molar-refractivity contribution in [3.63, 3.8) is 0 Å². The van der Waals surface area contributed by atoms with Gasteiger partial charge in [-0.05, 0) is 48.7 Å². The molecule has 23 heavy (non-hydrogen) atoms. The highest BCUT2D eigenvalue weighted by molar-refractivity contribution is 9.10. The Morgan fingerprint density at radius 3 is 2.91 bits per heavy atom. The number of H-pyrrole nitrogens is 1. The summed E-state index contributed by atoms with van der Waals surface area (Å²) in [7, 11) is 0. The number of aliphatic carboxylic acids is 1. The van der Waals surface area contributed by atoms with Crippen molar-refractivity contribution in [2.45, 2.75) is 19.8 Å². The number of aromatic nitrogens is 1. The summed E-state index contributed by atoms with van der Waals surface area (Å²) < 4.78 is 0.896. The highest BCUT2D eigenvalue weighted by Gasteiger charge is 2.24. The first-order chi connectivity index (χ1) is 11.0. The Balaban J connectivity index is 2.01. The molecule has 2 heterocycles. The van der Waals surface area contributed by atoms with Crippen LogP contribution in [-0.2, 0) is 16.0 Å². The van der Waals surface area contributed by atoms with E-state index in [0.717, 1.165) is 32.5 Å². The Bertz CT molecular complexity index is 836. The fourth-order valence-corrected chi connectivity index (χ4v) is 3.07. The molecule has 1 aliphatic rings. The summed E-state index contributed by atoms with van der Waals surface area (Å²) in [5, 5.41) is 11.7. The van der Waals surface area contributed by atoms with E-state index >= 15 is 0 Å². The van der Waals surface area contributed by atoms with Crippen molar-refractivity contribution in [2.75, 3.05) is 5.32 Å². The maximum atomic E-state index is 12.2. The zero-order valence-electron chi connectivity index (χ0n) is 12.4. The molecule has 2 aromatic rings. The molecule has 0 saturated carbocycles. The van der Waals surface area contributed by atoms with E-state index < -0.39 is 5.97 Å². The van der Waals surface area contributed by atoms with Crippen LogP contribution in [-0.4, -0.2) is 22.0 Å². The third-order valence-corrected chi connectivity index (χ3v) is 4.38. The number of fused-ring (bicyclic) bond motifs is 1. The molecule has 0 spiro atoms. The molecule has 0 aliphatic carbocycles. The van der Waals surface area contributed by atoms with Crippen LogP contribution in [0.15, 0.2) is 28.9 Å². The minimum atomic E-state index is -0.836. The number of carbonyl (C=O) groups excluding carboxylic acids is 1. The summed E-state index contributed by atoms with van der Waals surface area (Å²) in [6.45, 7) is 1.93. The van der Waals surface area contributed by atoms with E-state index in [2.05, 4.69) is 26.2 Å². The molecular formula is C17H15BrN2O3. The van der Waals surface area contributed by atoms with E-state index in [1.165, 1.54) is 0 Å². The summed E-state index contributed by atoms with van der Waals surface area (Å²) in [6, 6.07) is 5.62. The number of aryl methyl sites for hydroxylation is 1. The van der Waals surface area contributed by atoms with Gasteiger partial charge in [0.25, 0.3) is 5.91 Å². The summed E-state index contributed by atoms with van der Waals surface area (Å²) in [5.74, 6) is -0.994. The second kappa shape index (κ2) is 6.04. The number of carboxylic acid groups (broad SMARTS) is 1. The topological polar surface area (TPSA) is 82.2 Å². The Kier molecular flexibility index (Phi) is 4.09. The lowest BCUT2D eigenvalue weighted by Crippen LogP contribution is -2.04. The van der Waals surface area contributed by atoms with Gasteiger partial charge in [-0.1, -0.05) is 15.9 Å². The van der Waals surface area contributed by atoms with Gasteiger partial charge >= 0.3 is 5.97 Å². The maximum Gasteiger partial charge on any atom is 0.303 e. The molecular weight excluding hydrogens is 360 g/mol. The van der Waals surface area contributed by atoms with Crippen LogP contribution in [0.25, 0.3) is 11.6 Å². The summed E-state index contributed by atoms with van der Waals surface area (Å²) in [6.07, 6.45) is 4.11. The molecule has 0 bridgehead atoms. The third-order valence-electron chi connectivity index (χ3n) is 3.89. The lowest BCUT2D eigenvalue weighted by Gasteiger charge is -2.03. The first-order valence-corrected chi connectivity index (χ1v) is 7.96. The van der Waals surface area contributed by atoms with E-state index in [1.54, 1.807) is 6.08 Å². The number of aromatic amines is 1. The second-order valence-electron chi connectivity index (χ2n) is 5.46. The molecule has 118 valence electrons. The van der Waals surface area contributed by atoms with Gasteiger partial charge in [0.05, 0.1) is 5.57 Å². The van der Waals surface area contributed by atoms with Gasteiger partial charge in [0.2, 0.25) is 0 Å². The molecule has 0 atom stereocenters. The molecule has 0 radical (unpaired) electrons. The SMILES string of the molecule is Cc1c[nH]c(/C=C2\C(=O)Nc3ccc(Br)cc32)c1CCC(=O)O. The lowest BCUT2D eigenvalue weighted by atomic mass is 10.0. The first kappa shape index (κ1) is 15.6. The number of halogens is 1. The van der Waals surface area contributed by atoms with Crippen LogP contribution in [0, 0.1) is 6.92 Å². The van der Waals surface area contributed by atoms with Crippen LogP contribution >= 0.6 is 15.9 Å². The molecule has 0 unspecified atom stereocenters. The van der Waals surface area contributed by atoms with Crippen molar-refractivity contribution >= 4 is 45.1 Å². The van der Waals surface area contributed by atoms with Crippen molar-refractivity contribution in [1.82, 2.24) is 4.98 Å². The van der Waals surface area contributed by atoms with Gasteiger partial charge in [0.15, 0.2) is 0 Å². The molecule has 5 nitrogen and oxygen atoms in total. The van der Waals surface area contributed by atoms with Gasteiger partial charge in [0, 0.05) is 34.0 Å². The van der Waals surface area contributed by atoms with Gasteiger partial charge in [-0.25, -0.2) is 0 Å². The smallest absolute Gasteiger partial charge is 0.303 e. The number of hydrogen-bond donors (Lipinski definition) is 3. The molecule has 1 aliphatic heterocycles. The molecule has 3 N–H and O–H groups in total. The minimum absolute atomic E-state index is 0.0587. The average molecular weight is 375 g/mol. The summed E-state index contributed by atoms with van der Waals surface area (Å²) >= 11 is 3.42. The molecule has 0 saturated heterocycles. The van der Waals surface area contributed by atoms with Gasteiger partial charge in [-0.2, -0.15) is 0 Å². The van der Waals surface area contributed by atoms with Crippen molar-refractivity contribution in [3.8, 4) is 0 Å². The zero-order chi connectivity index (χ0) is 16.6. The van der Waals surface area contributed by atoms with E-state index in [-0.39, 0.29) is 12.3 Å². The fourth-order valence-electron chi connectivity index (χ4n) is 2.71. The highest BCUT2D eigenvalue weighted by atomic mass is 79.9. The third kappa shape index (κ3) is 3.07. The Morgan fingerprint density at radius 2 is 2.17 bits per heavy atom. The van der Waals surface area contributed by atoms with Crippen LogP contribution in [0.4, 0.5) is 5.69 Å². The van der Waals surface area contributed by atoms with Crippen LogP contribution < -0.4 is 5.32 Å². The van der Waals surface area contributed by atoms with E-state index in [1.807, 2.05) is 31.3 Å². The van der Waals surface area contributed by atoms with Crippen LogP contribution in [0.2, 0.25) is 0 Å². The quantitative estimate of drug-likeness (QED) is 0.715. The van der Waals surface area contributed by atoms with Crippen molar-refractivity contribution in [1.29, 1.82) is 0 Å². The molecule has 0 fully saturated rings. The summed E-state index contributed by atoms with van der Waals surface area (Å²) in [4.78, 5) is 26.2. The summed E-state index contributed by atoms with van der Waals surface area (Å²) in [5.41, 5.74) is 4.88. The van der Waals surface area contributed by atoms with Crippen LogP contribution in [0.3, 0.4) is 0 Å². The number of carboxylic acids is 1. The molecule has 1 amide bonds. The number of rotatable bonds is 4. The van der Waals surface area contributed by atoms with Crippen LogP contribution in [0.5, 0.6) is 0 Å². The van der Waals surface area contributed by atoms with Gasteiger partial charge in [-0.3, -0.25) is 9.59 Å². The normalized spacial score (nSPS) is 14.9. The van der Waals surface area contributed by atoms with Gasteiger partial charge in [0.1, 0.15) is 0 Å². The predicted molar refractivity (Wildman–Crippen MR) is 92.1 cm³/mol. The number of nitrogens with one attached hydrogen (secondary N) is 2. The monoisotopic (exact) mass is 374 g/mol. The standard InChI is InChI=1S/C17H15BrN2O3/c1-9-8-19-15(11(9)3-5-16(21)22)7-13-12-6-10(18)2-4-14(12)20-17(13)23/h2,4,6-8,19H,3,5H2,1H3,(H,20,23)(H,21,22)/b13-7-. The first-order valence-electron chi connectivity index (χ1n) is 7.17. The number of carbonyl (C=O) groups is 2. The molecule has 3 rings (SSSR count). The Hall–Kier alpha value is -2.34. The van der Waals surface area contributed by atoms with Crippen molar-refractivity contribution in [3.05, 3.63) is 51.3 Å². The fraction of sp³-hybridized carbons (Fsp3) is 0.176. The molecule has 1 aromatic carbocycles. The number of benzene rings is 1. The van der Waals surface area contributed by atoms with E-state index in [9.17, 15) is 9.59 Å². The van der Waals surface area contributed by atoms with Gasteiger partial charge in [-0.15, -0.1) is 0 Å². The second-order valence-corrected chi connectivity index (χ2v) is 6.38. The van der Waals surface area contributed by atoms with Crippen molar-refractivity contribution in [2.24, 2.45) is 0 Å². The van der Waals surface area contributed by atoms with Crippen molar-refractivity contribution < 1.29 is 14.7 Å². The number of amides is 1. The minimum Gasteiger partial charge on any atom is -0.481 e. The zero-order valence-corrected chi connectivity index (χ0v) is 14.0. The Labute approximate surface area is 141 Å². The highest BCUT2D eigenvalue weighted by Crippen LogP contribution is 2.35. The number of anilines is 1. The maximum absolute atomic E-state index is 12.2. The van der Waals surface area contributed by atoms with E-state index in [0.29, 0.717) is 12.0 Å². The molecule has 6 heteroatoms. The van der Waals surface area contributed by atoms with Gasteiger partial charge < -0.3 is 15.4 Å². The Morgan fingerprint density at radius 1 is 1.39 bits per heavy atom. The predicted octanol–water partition coefficient (Wildman–Crippen LogP) is 3.60. The largest absolute Gasteiger partial charge is 0.481 e. The lowest BCUT2D eigenvalue weighted by molar-refractivity contribution is -0.137. The molecule has 1 aromatic heterocycles. The number of hydrogen-bond acceptors (Lipinski definition) is 2. The van der Waals surface area contributed by atoms with E-state index in [4.69, 9.17) is 5.11 Å². The average Bonchev–Trinajstić information content (AvgIpc) is 2.99.